The molecule has 0 unspecified atom stereocenters. The lowest BCUT2D eigenvalue weighted by Gasteiger charge is -2.25. The summed E-state index contributed by atoms with van der Waals surface area (Å²) < 4.78 is 2.07. The first kappa shape index (κ1) is 9.33. The first-order chi connectivity index (χ1) is 7.33. The van der Waals surface area contributed by atoms with Gasteiger partial charge >= 0.3 is 0 Å². The molecule has 0 spiro atoms. The third kappa shape index (κ3) is 1.91. The maximum absolute atomic E-state index is 5.89. The van der Waals surface area contributed by atoms with E-state index in [0.717, 1.165) is 25.7 Å². The van der Waals surface area contributed by atoms with E-state index in [9.17, 15) is 0 Å². The van der Waals surface area contributed by atoms with Gasteiger partial charge in [0.1, 0.15) is 0 Å². The lowest BCUT2D eigenvalue weighted by Crippen LogP contribution is -2.28. The van der Waals surface area contributed by atoms with Crippen molar-refractivity contribution in [1.29, 1.82) is 0 Å². The van der Waals surface area contributed by atoms with Gasteiger partial charge in [0.05, 0.1) is 11.7 Å². The van der Waals surface area contributed by atoms with Crippen LogP contribution in [0.5, 0.6) is 0 Å². The molecule has 0 radical (unpaired) electrons. The van der Waals surface area contributed by atoms with Crippen molar-refractivity contribution >= 4 is 0 Å². The fraction of sp³-hybridized carbons (Fsp3) is 0.818. The van der Waals surface area contributed by atoms with Crippen molar-refractivity contribution in [2.24, 2.45) is 5.73 Å². The number of aromatic nitrogens is 3. The van der Waals surface area contributed by atoms with E-state index in [0.29, 0.717) is 18.0 Å². The van der Waals surface area contributed by atoms with Gasteiger partial charge in [-0.2, -0.15) is 0 Å². The van der Waals surface area contributed by atoms with Gasteiger partial charge in [-0.3, -0.25) is 0 Å². The second-order valence-electron chi connectivity index (χ2n) is 4.97. The number of hydrogen-bond donors (Lipinski definition) is 1. The molecule has 0 aliphatic heterocycles. The Morgan fingerprint density at radius 1 is 1.13 bits per heavy atom. The summed E-state index contributed by atoms with van der Waals surface area (Å²) in [6, 6.07) is 0.956. The zero-order valence-corrected chi connectivity index (χ0v) is 8.97. The monoisotopic (exact) mass is 206 g/mol. The van der Waals surface area contributed by atoms with Crippen LogP contribution < -0.4 is 5.73 Å². The highest BCUT2D eigenvalue weighted by Crippen LogP contribution is 2.39. The number of nitrogens with zero attached hydrogens (tertiary/aromatic N) is 3. The van der Waals surface area contributed by atoms with Crippen LogP contribution >= 0.6 is 0 Å². The number of hydrogen-bond acceptors (Lipinski definition) is 3. The molecular formula is C11H18N4. The minimum absolute atomic E-state index is 0.410. The van der Waals surface area contributed by atoms with Gasteiger partial charge in [-0.25, -0.2) is 4.68 Å². The van der Waals surface area contributed by atoms with Crippen LogP contribution in [-0.2, 0) is 0 Å². The van der Waals surface area contributed by atoms with Gasteiger partial charge < -0.3 is 5.73 Å². The molecule has 2 aliphatic carbocycles. The van der Waals surface area contributed by atoms with Crippen LogP contribution in [0.2, 0.25) is 0 Å². The average Bonchev–Trinajstić information content (AvgIpc) is 2.99. The van der Waals surface area contributed by atoms with Crippen LogP contribution in [0.15, 0.2) is 6.20 Å². The average molecular weight is 206 g/mol. The Morgan fingerprint density at radius 2 is 1.87 bits per heavy atom. The Morgan fingerprint density at radius 3 is 2.53 bits per heavy atom. The molecule has 2 saturated carbocycles. The smallest absolute Gasteiger partial charge is 0.0858 e. The largest absolute Gasteiger partial charge is 0.328 e. The number of nitrogens with two attached hydrogens (primary N) is 1. The summed E-state index contributed by atoms with van der Waals surface area (Å²) >= 11 is 0. The van der Waals surface area contributed by atoms with Crippen LogP contribution in [0.3, 0.4) is 0 Å². The standard InChI is InChI=1S/C11H18N4/c12-9-3-5-10(6-4-9)15-7-11(13-14-15)8-1-2-8/h7-10H,1-6,12H2. The van der Waals surface area contributed by atoms with E-state index >= 15 is 0 Å². The molecule has 1 aromatic rings. The van der Waals surface area contributed by atoms with Crippen molar-refractivity contribution in [2.75, 3.05) is 0 Å². The predicted molar refractivity (Wildman–Crippen MR) is 57.5 cm³/mol. The predicted octanol–water partition coefficient (Wildman–Crippen LogP) is 1.60. The maximum Gasteiger partial charge on any atom is 0.0858 e. The normalized spacial score (nSPS) is 31.8. The fourth-order valence-electron chi connectivity index (χ4n) is 2.40. The van der Waals surface area contributed by atoms with Crippen molar-refractivity contribution in [3.63, 3.8) is 0 Å². The summed E-state index contributed by atoms with van der Waals surface area (Å²) in [7, 11) is 0. The Bertz CT molecular complexity index is 334. The molecule has 2 N–H and O–H groups in total. The van der Waals surface area contributed by atoms with Crippen LogP contribution in [0, 0.1) is 0 Å². The zero-order valence-electron chi connectivity index (χ0n) is 8.97. The van der Waals surface area contributed by atoms with Crippen LogP contribution in [0.4, 0.5) is 0 Å². The van der Waals surface area contributed by atoms with E-state index in [2.05, 4.69) is 21.2 Å². The summed E-state index contributed by atoms with van der Waals surface area (Å²) in [6.45, 7) is 0. The molecule has 0 atom stereocenters. The van der Waals surface area contributed by atoms with Crippen LogP contribution in [0.1, 0.15) is 56.2 Å². The highest BCUT2D eigenvalue weighted by Gasteiger charge is 2.28. The molecule has 0 amide bonds. The minimum Gasteiger partial charge on any atom is -0.328 e. The van der Waals surface area contributed by atoms with Crippen molar-refractivity contribution in [2.45, 2.75) is 56.5 Å². The van der Waals surface area contributed by atoms with Gasteiger partial charge in [-0.1, -0.05) is 5.21 Å². The lowest BCUT2D eigenvalue weighted by molar-refractivity contribution is 0.300. The van der Waals surface area contributed by atoms with Gasteiger partial charge in [-0.05, 0) is 38.5 Å². The molecule has 82 valence electrons. The molecule has 0 aromatic carbocycles. The van der Waals surface area contributed by atoms with Gasteiger partial charge in [0.25, 0.3) is 0 Å². The Labute approximate surface area is 89.8 Å². The summed E-state index contributed by atoms with van der Waals surface area (Å²) in [5.74, 6) is 0.713. The summed E-state index contributed by atoms with van der Waals surface area (Å²) in [4.78, 5) is 0. The molecule has 4 heteroatoms. The van der Waals surface area contributed by atoms with Gasteiger partial charge in [0, 0.05) is 18.2 Å². The van der Waals surface area contributed by atoms with Crippen molar-refractivity contribution in [3.8, 4) is 0 Å². The molecule has 1 aromatic heterocycles. The summed E-state index contributed by atoms with van der Waals surface area (Å²) in [5, 5.41) is 8.51. The Hall–Kier alpha value is -0.900. The minimum atomic E-state index is 0.410. The fourth-order valence-corrected chi connectivity index (χ4v) is 2.40. The topological polar surface area (TPSA) is 56.7 Å². The van der Waals surface area contributed by atoms with Crippen LogP contribution in [0.25, 0.3) is 0 Å². The van der Waals surface area contributed by atoms with Gasteiger partial charge in [0.2, 0.25) is 0 Å². The Balaban J connectivity index is 1.69. The SMILES string of the molecule is NC1CCC(n2cc(C3CC3)nn2)CC1. The first-order valence-corrected chi connectivity index (χ1v) is 6.00. The highest BCUT2D eigenvalue weighted by molar-refractivity contribution is 5.09. The van der Waals surface area contributed by atoms with Gasteiger partial charge in [-0.15, -0.1) is 5.10 Å². The lowest BCUT2D eigenvalue weighted by atomic mass is 9.92. The van der Waals surface area contributed by atoms with E-state index in [1.54, 1.807) is 0 Å². The molecule has 0 saturated heterocycles. The van der Waals surface area contributed by atoms with E-state index in [4.69, 9.17) is 5.73 Å². The maximum atomic E-state index is 5.89. The second-order valence-corrected chi connectivity index (χ2v) is 4.97. The molecule has 1 heterocycles. The zero-order chi connectivity index (χ0) is 10.3. The third-order valence-electron chi connectivity index (χ3n) is 3.64. The van der Waals surface area contributed by atoms with E-state index < -0.39 is 0 Å². The number of rotatable bonds is 2. The van der Waals surface area contributed by atoms with Gasteiger partial charge in [0.15, 0.2) is 0 Å². The molecule has 15 heavy (non-hydrogen) atoms. The molecule has 2 aliphatic rings. The summed E-state index contributed by atoms with van der Waals surface area (Å²) in [6.07, 6.45) is 9.33. The summed E-state index contributed by atoms with van der Waals surface area (Å²) in [5.41, 5.74) is 7.09. The van der Waals surface area contributed by atoms with Crippen molar-refractivity contribution in [1.82, 2.24) is 15.0 Å². The highest BCUT2D eigenvalue weighted by atomic mass is 15.4. The second kappa shape index (κ2) is 3.59. The van der Waals surface area contributed by atoms with E-state index in [1.165, 1.54) is 18.5 Å². The molecule has 3 rings (SSSR count). The molecule has 0 bridgehead atoms. The Kier molecular flexibility index (Phi) is 2.24. The van der Waals surface area contributed by atoms with E-state index in [1.807, 2.05) is 0 Å². The van der Waals surface area contributed by atoms with Crippen molar-refractivity contribution < 1.29 is 0 Å². The third-order valence-corrected chi connectivity index (χ3v) is 3.64. The molecule has 2 fully saturated rings. The van der Waals surface area contributed by atoms with E-state index in [-0.39, 0.29) is 0 Å². The first-order valence-electron chi connectivity index (χ1n) is 6.00. The molecule has 4 nitrogen and oxygen atoms in total. The van der Waals surface area contributed by atoms with Crippen molar-refractivity contribution in [3.05, 3.63) is 11.9 Å². The quantitative estimate of drug-likeness (QED) is 0.799. The molecular weight excluding hydrogens is 188 g/mol. The van der Waals surface area contributed by atoms with Crippen LogP contribution in [-0.4, -0.2) is 21.0 Å².